The van der Waals surface area contributed by atoms with E-state index in [4.69, 9.17) is 9.47 Å². The third-order valence-electron chi connectivity index (χ3n) is 3.31. The molecular weight excluding hydrogens is 244 g/mol. The van der Waals surface area contributed by atoms with Gasteiger partial charge in [-0.05, 0) is 12.1 Å². The fraction of sp³-hybridized carbons (Fsp3) is 0.286. The van der Waals surface area contributed by atoms with Gasteiger partial charge in [-0.1, -0.05) is 0 Å². The topological polar surface area (TPSA) is 53.4 Å². The lowest BCUT2D eigenvalue weighted by Gasteiger charge is -2.25. The average Bonchev–Trinajstić information content (AvgIpc) is 2.84. The third-order valence-corrected chi connectivity index (χ3v) is 3.31. The standard InChI is InChI=1S/C14H14N2O3/c1-16-8-15-7-11(16)14-6-12(17)10-4-3-9(18-2)5-13(10)19-14/h3-5,7-8,14H,6H2,1-2H3. The first-order valence-corrected chi connectivity index (χ1v) is 6.03. The molecule has 1 aliphatic rings. The van der Waals surface area contributed by atoms with Gasteiger partial charge in [0.15, 0.2) is 5.78 Å². The summed E-state index contributed by atoms with van der Waals surface area (Å²) in [5.74, 6) is 1.33. The van der Waals surface area contributed by atoms with Gasteiger partial charge in [0.25, 0.3) is 0 Å². The molecule has 0 saturated carbocycles. The molecule has 19 heavy (non-hydrogen) atoms. The summed E-state index contributed by atoms with van der Waals surface area (Å²) in [5.41, 5.74) is 1.50. The third kappa shape index (κ3) is 1.97. The van der Waals surface area contributed by atoms with Crippen LogP contribution in [0.25, 0.3) is 0 Å². The van der Waals surface area contributed by atoms with E-state index >= 15 is 0 Å². The van der Waals surface area contributed by atoms with Gasteiger partial charge in [0.05, 0.1) is 37.3 Å². The lowest BCUT2D eigenvalue weighted by atomic mass is 9.99. The van der Waals surface area contributed by atoms with Crippen LogP contribution in [-0.2, 0) is 7.05 Å². The lowest BCUT2D eigenvalue weighted by Crippen LogP contribution is -2.22. The van der Waals surface area contributed by atoms with Crippen LogP contribution >= 0.6 is 0 Å². The van der Waals surface area contributed by atoms with Crippen molar-refractivity contribution in [3.8, 4) is 11.5 Å². The molecule has 5 nitrogen and oxygen atoms in total. The number of hydrogen-bond donors (Lipinski definition) is 0. The largest absolute Gasteiger partial charge is 0.497 e. The molecule has 1 aromatic heterocycles. The smallest absolute Gasteiger partial charge is 0.170 e. The fourth-order valence-electron chi connectivity index (χ4n) is 2.27. The molecule has 1 aliphatic heterocycles. The summed E-state index contributed by atoms with van der Waals surface area (Å²) in [7, 11) is 3.47. The highest BCUT2D eigenvalue weighted by molar-refractivity contribution is 6.00. The molecule has 0 amide bonds. The Balaban J connectivity index is 1.99. The first kappa shape index (κ1) is 11.8. The zero-order chi connectivity index (χ0) is 13.4. The number of aryl methyl sites for hydroxylation is 1. The summed E-state index contributed by atoms with van der Waals surface area (Å²) in [6.07, 6.45) is 3.46. The minimum Gasteiger partial charge on any atom is -0.497 e. The summed E-state index contributed by atoms with van der Waals surface area (Å²) in [6, 6.07) is 5.26. The first-order chi connectivity index (χ1) is 9.19. The zero-order valence-corrected chi connectivity index (χ0v) is 10.8. The monoisotopic (exact) mass is 258 g/mol. The van der Waals surface area contributed by atoms with Gasteiger partial charge >= 0.3 is 0 Å². The second-order valence-electron chi connectivity index (χ2n) is 4.53. The molecule has 0 spiro atoms. The van der Waals surface area contributed by atoms with Crippen molar-refractivity contribution in [2.45, 2.75) is 12.5 Å². The number of hydrogen-bond acceptors (Lipinski definition) is 4. The van der Waals surface area contributed by atoms with Crippen LogP contribution in [0, 0.1) is 0 Å². The molecule has 1 unspecified atom stereocenters. The van der Waals surface area contributed by atoms with Crippen LogP contribution in [0.4, 0.5) is 0 Å². The van der Waals surface area contributed by atoms with Crippen LogP contribution in [0.3, 0.4) is 0 Å². The van der Waals surface area contributed by atoms with Crippen molar-refractivity contribution in [3.63, 3.8) is 0 Å². The number of carbonyl (C=O) groups is 1. The van der Waals surface area contributed by atoms with Crippen molar-refractivity contribution in [1.82, 2.24) is 9.55 Å². The van der Waals surface area contributed by atoms with Gasteiger partial charge in [0.1, 0.15) is 17.6 Å². The number of ketones is 1. The Labute approximate surface area is 110 Å². The van der Waals surface area contributed by atoms with Crippen LogP contribution in [0.15, 0.2) is 30.7 Å². The molecule has 0 fully saturated rings. The highest BCUT2D eigenvalue weighted by Gasteiger charge is 2.29. The molecule has 98 valence electrons. The predicted octanol–water partition coefficient (Wildman–Crippen LogP) is 2.14. The number of nitrogens with zero attached hydrogens (tertiary/aromatic N) is 2. The highest BCUT2D eigenvalue weighted by Crippen LogP contribution is 2.36. The summed E-state index contributed by atoms with van der Waals surface area (Å²) in [4.78, 5) is 16.2. The van der Waals surface area contributed by atoms with Gasteiger partial charge in [-0.25, -0.2) is 4.98 Å². The number of Topliss-reactive ketones (excluding diaryl/α,β-unsaturated/α-hetero) is 1. The summed E-state index contributed by atoms with van der Waals surface area (Å²) in [6.45, 7) is 0. The summed E-state index contributed by atoms with van der Waals surface area (Å²) < 4.78 is 12.9. The van der Waals surface area contributed by atoms with E-state index in [1.807, 2.05) is 11.6 Å². The summed E-state index contributed by atoms with van der Waals surface area (Å²) in [5, 5.41) is 0. The van der Waals surface area contributed by atoms with Crippen molar-refractivity contribution in [2.75, 3.05) is 7.11 Å². The molecule has 0 aliphatic carbocycles. The predicted molar refractivity (Wildman–Crippen MR) is 68.5 cm³/mol. The number of fused-ring (bicyclic) bond motifs is 1. The van der Waals surface area contributed by atoms with Gasteiger partial charge in [-0.2, -0.15) is 0 Å². The quantitative estimate of drug-likeness (QED) is 0.828. The number of methoxy groups -OCH3 is 1. The Morgan fingerprint density at radius 3 is 3.00 bits per heavy atom. The fourth-order valence-corrected chi connectivity index (χ4v) is 2.27. The van der Waals surface area contributed by atoms with E-state index in [0.29, 0.717) is 23.5 Å². The van der Waals surface area contributed by atoms with Gasteiger partial charge in [-0.3, -0.25) is 4.79 Å². The number of aromatic nitrogens is 2. The molecule has 1 atom stereocenters. The maximum absolute atomic E-state index is 12.2. The minimum absolute atomic E-state index is 0.0788. The molecule has 0 N–H and O–H groups in total. The number of imidazole rings is 1. The molecule has 0 saturated heterocycles. The van der Waals surface area contributed by atoms with Gasteiger partial charge in [-0.15, -0.1) is 0 Å². The van der Waals surface area contributed by atoms with Crippen molar-refractivity contribution >= 4 is 5.78 Å². The van der Waals surface area contributed by atoms with E-state index in [9.17, 15) is 4.79 Å². The Bertz CT molecular complexity index is 633. The molecule has 3 rings (SSSR count). The van der Waals surface area contributed by atoms with Crippen molar-refractivity contribution in [2.24, 2.45) is 7.05 Å². The second-order valence-corrected chi connectivity index (χ2v) is 4.53. The van der Waals surface area contributed by atoms with Crippen LogP contribution in [0.2, 0.25) is 0 Å². The number of ether oxygens (including phenoxy) is 2. The minimum atomic E-state index is -0.292. The molecule has 2 heterocycles. The highest BCUT2D eigenvalue weighted by atomic mass is 16.5. The van der Waals surface area contributed by atoms with Crippen LogP contribution in [0.1, 0.15) is 28.6 Å². The summed E-state index contributed by atoms with van der Waals surface area (Å²) >= 11 is 0. The molecule has 0 radical (unpaired) electrons. The molecule has 1 aromatic carbocycles. The van der Waals surface area contributed by atoms with E-state index < -0.39 is 0 Å². The Hall–Kier alpha value is -2.30. The van der Waals surface area contributed by atoms with E-state index in [1.165, 1.54) is 0 Å². The Morgan fingerprint density at radius 2 is 2.32 bits per heavy atom. The maximum atomic E-state index is 12.2. The van der Waals surface area contributed by atoms with Gasteiger partial charge in [0, 0.05) is 13.1 Å². The number of benzene rings is 1. The van der Waals surface area contributed by atoms with Crippen molar-refractivity contribution in [1.29, 1.82) is 0 Å². The average molecular weight is 258 g/mol. The van der Waals surface area contributed by atoms with Gasteiger partial charge in [0.2, 0.25) is 0 Å². The molecule has 0 bridgehead atoms. The first-order valence-electron chi connectivity index (χ1n) is 6.03. The van der Waals surface area contributed by atoms with E-state index in [0.717, 1.165) is 5.69 Å². The van der Waals surface area contributed by atoms with E-state index in [2.05, 4.69) is 4.98 Å². The normalized spacial score (nSPS) is 17.8. The number of rotatable bonds is 2. The Morgan fingerprint density at radius 1 is 1.47 bits per heavy atom. The maximum Gasteiger partial charge on any atom is 0.170 e. The number of carbonyl (C=O) groups excluding carboxylic acids is 1. The van der Waals surface area contributed by atoms with E-state index in [1.54, 1.807) is 37.8 Å². The van der Waals surface area contributed by atoms with Crippen LogP contribution in [0.5, 0.6) is 11.5 Å². The molecule has 2 aromatic rings. The van der Waals surface area contributed by atoms with Crippen molar-refractivity contribution in [3.05, 3.63) is 42.0 Å². The van der Waals surface area contributed by atoms with Crippen molar-refractivity contribution < 1.29 is 14.3 Å². The Kier molecular flexibility index (Phi) is 2.74. The zero-order valence-electron chi connectivity index (χ0n) is 10.8. The molecular formula is C14H14N2O3. The lowest BCUT2D eigenvalue weighted by molar-refractivity contribution is 0.0840. The SMILES string of the molecule is COc1ccc2c(c1)OC(c1cncn1C)CC2=O. The van der Waals surface area contributed by atoms with Crippen LogP contribution < -0.4 is 9.47 Å². The van der Waals surface area contributed by atoms with E-state index in [-0.39, 0.29) is 11.9 Å². The van der Waals surface area contributed by atoms with Gasteiger partial charge < -0.3 is 14.0 Å². The molecule has 5 heteroatoms. The van der Waals surface area contributed by atoms with Crippen LogP contribution in [-0.4, -0.2) is 22.4 Å². The second kappa shape index (κ2) is 4.42.